The Labute approximate surface area is 123 Å². The van der Waals surface area contributed by atoms with E-state index in [1.807, 2.05) is 0 Å². The number of aliphatic hydroxyl groups is 1. The summed E-state index contributed by atoms with van der Waals surface area (Å²) in [5.41, 5.74) is 5.34. The van der Waals surface area contributed by atoms with Gasteiger partial charge in [-0.3, -0.25) is 0 Å². The summed E-state index contributed by atoms with van der Waals surface area (Å²) in [7, 11) is 0. The molecule has 112 valence electrons. The maximum atomic E-state index is 9.84. The molecule has 0 spiro atoms. The van der Waals surface area contributed by atoms with Gasteiger partial charge in [-0.05, 0) is 61.8 Å². The number of aliphatic hydroxyl groups excluding tert-OH is 1. The SMILES string of the molecule is Cc1cc(C)c(CNC2(CO)CCCC(C)C2)cc1C. The Bertz CT molecular complexity index is 469. The molecule has 1 aromatic carbocycles. The lowest BCUT2D eigenvalue weighted by atomic mass is 9.76. The van der Waals surface area contributed by atoms with Gasteiger partial charge in [-0.15, -0.1) is 0 Å². The molecule has 2 N–H and O–H groups in total. The van der Waals surface area contributed by atoms with Crippen LogP contribution in [0.3, 0.4) is 0 Å². The zero-order chi connectivity index (χ0) is 14.8. The zero-order valence-corrected chi connectivity index (χ0v) is 13.4. The van der Waals surface area contributed by atoms with Crippen molar-refractivity contribution in [3.63, 3.8) is 0 Å². The first kappa shape index (κ1) is 15.5. The topological polar surface area (TPSA) is 32.3 Å². The van der Waals surface area contributed by atoms with E-state index in [-0.39, 0.29) is 12.1 Å². The molecule has 1 aliphatic carbocycles. The summed E-state index contributed by atoms with van der Waals surface area (Å²) in [6.45, 7) is 9.92. The Morgan fingerprint density at radius 1 is 1.20 bits per heavy atom. The molecule has 2 heteroatoms. The van der Waals surface area contributed by atoms with Gasteiger partial charge in [0.05, 0.1) is 6.61 Å². The maximum Gasteiger partial charge on any atom is 0.0613 e. The lowest BCUT2D eigenvalue weighted by Gasteiger charge is -2.40. The minimum absolute atomic E-state index is 0.0666. The summed E-state index contributed by atoms with van der Waals surface area (Å²) in [5.74, 6) is 0.712. The lowest BCUT2D eigenvalue weighted by Crippen LogP contribution is -2.51. The molecule has 2 rings (SSSR count). The van der Waals surface area contributed by atoms with Crippen LogP contribution in [0.5, 0.6) is 0 Å². The van der Waals surface area contributed by atoms with Crippen LogP contribution < -0.4 is 5.32 Å². The van der Waals surface area contributed by atoms with Crippen LogP contribution in [0.25, 0.3) is 0 Å². The van der Waals surface area contributed by atoms with Gasteiger partial charge in [-0.25, -0.2) is 0 Å². The Kier molecular flexibility index (Phi) is 4.87. The summed E-state index contributed by atoms with van der Waals surface area (Å²) in [6, 6.07) is 4.55. The van der Waals surface area contributed by atoms with Crippen LogP contribution in [0.15, 0.2) is 12.1 Å². The Morgan fingerprint density at radius 3 is 2.55 bits per heavy atom. The average Bonchev–Trinajstić information content (AvgIpc) is 2.41. The summed E-state index contributed by atoms with van der Waals surface area (Å²) in [6.07, 6.45) is 4.71. The van der Waals surface area contributed by atoms with Crippen molar-refractivity contribution < 1.29 is 5.11 Å². The van der Waals surface area contributed by atoms with E-state index >= 15 is 0 Å². The molecule has 0 bridgehead atoms. The van der Waals surface area contributed by atoms with Gasteiger partial charge in [0, 0.05) is 12.1 Å². The largest absolute Gasteiger partial charge is 0.394 e. The van der Waals surface area contributed by atoms with Gasteiger partial charge in [-0.1, -0.05) is 31.9 Å². The van der Waals surface area contributed by atoms with Crippen molar-refractivity contribution in [2.75, 3.05) is 6.61 Å². The third kappa shape index (κ3) is 3.42. The van der Waals surface area contributed by atoms with Crippen LogP contribution in [-0.4, -0.2) is 17.3 Å². The zero-order valence-electron chi connectivity index (χ0n) is 13.4. The molecule has 0 aromatic heterocycles. The molecule has 20 heavy (non-hydrogen) atoms. The van der Waals surface area contributed by atoms with E-state index in [2.05, 4.69) is 45.1 Å². The Morgan fingerprint density at radius 2 is 1.90 bits per heavy atom. The summed E-state index contributed by atoms with van der Waals surface area (Å²) in [5, 5.41) is 13.5. The van der Waals surface area contributed by atoms with Gasteiger partial charge < -0.3 is 10.4 Å². The van der Waals surface area contributed by atoms with Gasteiger partial charge in [0.1, 0.15) is 0 Å². The molecule has 0 amide bonds. The normalized spacial score (nSPS) is 26.8. The number of hydrogen-bond acceptors (Lipinski definition) is 2. The van der Waals surface area contributed by atoms with Crippen LogP contribution >= 0.6 is 0 Å². The first-order chi connectivity index (χ1) is 9.46. The highest BCUT2D eigenvalue weighted by molar-refractivity contribution is 5.36. The van der Waals surface area contributed by atoms with Gasteiger partial charge in [0.25, 0.3) is 0 Å². The Hall–Kier alpha value is -0.860. The van der Waals surface area contributed by atoms with Gasteiger partial charge >= 0.3 is 0 Å². The van der Waals surface area contributed by atoms with E-state index in [0.717, 1.165) is 19.4 Å². The molecule has 2 nitrogen and oxygen atoms in total. The minimum atomic E-state index is -0.0666. The van der Waals surface area contributed by atoms with Crippen molar-refractivity contribution in [3.8, 4) is 0 Å². The fourth-order valence-electron chi connectivity index (χ4n) is 3.51. The molecule has 0 radical (unpaired) electrons. The molecular formula is C18H29NO. The number of aryl methyl sites for hydroxylation is 3. The second kappa shape index (κ2) is 6.28. The fourth-order valence-corrected chi connectivity index (χ4v) is 3.51. The highest BCUT2D eigenvalue weighted by Crippen LogP contribution is 2.32. The number of hydrogen-bond donors (Lipinski definition) is 2. The number of benzene rings is 1. The van der Waals surface area contributed by atoms with Crippen molar-refractivity contribution in [2.45, 2.75) is 65.5 Å². The van der Waals surface area contributed by atoms with E-state index in [4.69, 9.17) is 0 Å². The predicted octanol–water partition coefficient (Wildman–Crippen LogP) is 3.64. The molecule has 2 atom stereocenters. The van der Waals surface area contributed by atoms with E-state index < -0.39 is 0 Å². The molecule has 1 saturated carbocycles. The monoisotopic (exact) mass is 275 g/mol. The summed E-state index contributed by atoms with van der Waals surface area (Å²) >= 11 is 0. The average molecular weight is 275 g/mol. The minimum Gasteiger partial charge on any atom is -0.394 e. The molecular weight excluding hydrogens is 246 g/mol. The van der Waals surface area contributed by atoms with Crippen molar-refractivity contribution >= 4 is 0 Å². The van der Waals surface area contributed by atoms with Crippen molar-refractivity contribution in [1.29, 1.82) is 0 Å². The quantitative estimate of drug-likeness (QED) is 0.879. The van der Waals surface area contributed by atoms with Crippen molar-refractivity contribution in [2.24, 2.45) is 5.92 Å². The molecule has 0 heterocycles. The van der Waals surface area contributed by atoms with Crippen LogP contribution in [-0.2, 0) is 6.54 Å². The summed E-state index contributed by atoms with van der Waals surface area (Å²) < 4.78 is 0. The van der Waals surface area contributed by atoms with Crippen LogP contribution in [0.4, 0.5) is 0 Å². The second-order valence-corrected chi connectivity index (χ2v) is 6.86. The fraction of sp³-hybridized carbons (Fsp3) is 0.667. The number of nitrogens with one attached hydrogen (secondary N) is 1. The third-order valence-electron chi connectivity index (χ3n) is 5.00. The lowest BCUT2D eigenvalue weighted by molar-refractivity contribution is 0.0982. The van der Waals surface area contributed by atoms with E-state index in [9.17, 15) is 5.11 Å². The Balaban J connectivity index is 2.08. The molecule has 1 aromatic rings. The first-order valence-electron chi connectivity index (χ1n) is 7.88. The van der Waals surface area contributed by atoms with Crippen LogP contribution in [0.2, 0.25) is 0 Å². The standard InChI is InChI=1S/C18H29NO/c1-13-6-5-7-18(10-13,12-20)19-11-17-9-15(3)14(2)8-16(17)4/h8-9,13,19-20H,5-7,10-12H2,1-4H3. The molecule has 0 saturated heterocycles. The van der Waals surface area contributed by atoms with Gasteiger partial charge in [0.15, 0.2) is 0 Å². The van der Waals surface area contributed by atoms with Crippen molar-refractivity contribution in [1.82, 2.24) is 5.32 Å². The smallest absolute Gasteiger partial charge is 0.0613 e. The maximum absolute atomic E-state index is 9.84. The third-order valence-corrected chi connectivity index (χ3v) is 5.00. The van der Waals surface area contributed by atoms with Gasteiger partial charge in [0.2, 0.25) is 0 Å². The number of rotatable bonds is 4. The van der Waals surface area contributed by atoms with Crippen molar-refractivity contribution in [3.05, 3.63) is 34.4 Å². The van der Waals surface area contributed by atoms with Gasteiger partial charge in [-0.2, -0.15) is 0 Å². The summed E-state index contributed by atoms with van der Waals surface area (Å²) in [4.78, 5) is 0. The second-order valence-electron chi connectivity index (χ2n) is 6.86. The van der Waals surface area contributed by atoms with E-state index in [1.165, 1.54) is 35.1 Å². The van der Waals surface area contributed by atoms with Crippen LogP contribution in [0, 0.1) is 26.7 Å². The van der Waals surface area contributed by atoms with E-state index in [0.29, 0.717) is 5.92 Å². The highest BCUT2D eigenvalue weighted by atomic mass is 16.3. The van der Waals surface area contributed by atoms with Crippen LogP contribution in [0.1, 0.15) is 54.9 Å². The molecule has 2 unspecified atom stereocenters. The molecule has 1 aliphatic rings. The first-order valence-corrected chi connectivity index (χ1v) is 7.88. The molecule has 1 fully saturated rings. The predicted molar refractivity (Wildman–Crippen MR) is 84.9 cm³/mol. The highest BCUT2D eigenvalue weighted by Gasteiger charge is 2.33. The molecule has 0 aliphatic heterocycles. The van der Waals surface area contributed by atoms with E-state index in [1.54, 1.807) is 0 Å².